The molecule has 0 radical (unpaired) electrons. The van der Waals surface area contributed by atoms with Crippen molar-refractivity contribution in [1.82, 2.24) is 4.98 Å². The zero-order valence-electron chi connectivity index (χ0n) is 18.2. The maximum absolute atomic E-state index is 12.7. The van der Waals surface area contributed by atoms with Crippen molar-refractivity contribution in [3.63, 3.8) is 0 Å². The highest BCUT2D eigenvalue weighted by atomic mass is 16.1. The second kappa shape index (κ2) is 9.76. The molecule has 2 aliphatic carbocycles. The summed E-state index contributed by atoms with van der Waals surface area (Å²) in [6.45, 7) is 8.91. The summed E-state index contributed by atoms with van der Waals surface area (Å²) in [5, 5.41) is 3.11. The first-order chi connectivity index (χ1) is 13.6. The lowest BCUT2D eigenvalue weighted by molar-refractivity contribution is -0.118. The molecule has 1 aromatic rings. The molecule has 1 unspecified atom stereocenters. The van der Waals surface area contributed by atoms with Gasteiger partial charge in [-0.3, -0.25) is 4.79 Å². The number of carbonyl (C=O) groups is 1. The maximum Gasteiger partial charge on any atom is 0.224 e. The fraction of sp³-hybridized carbons (Fsp3) is 0.750. The van der Waals surface area contributed by atoms with E-state index in [1.807, 2.05) is 12.3 Å². The summed E-state index contributed by atoms with van der Waals surface area (Å²) >= 11 is 0. The Balaban J connectivity index is 1.54. The highest BCUT2D eigenvalue weighted by molar-refractivity contribution is 5.90. The molecule has 28 heavy (non-hydrogen) atoms. The second-order valence-corrected chi connectivity index (χ2v) is 9.30. The van der Waals surface area contributed by atoms with Gasteiger partial charge in [0.1, 0.15) is 5.82 Å². The van der Waals surface area contributed by atoms with Crippen LogP contribution in [0.2, 0.25) is 0 Å². The number of pyridine rings is 1. The quantitative estimate of drug-likeness (QED) is 0.447. The lowest BCUT2D eigenvalue weighted by Gasteiger charge is -2.37. The summed E-state index contributed by atoms with van der Waals surface area (Å²) in [5.41, 5.74) is 1.25. The van der Waals surface area contributed by atoms with Crippen LogP contribution >= 0.6 is 0 Å². The Morgan fingerprint density at radius 3 is 2.54 bits per heavy atom. The summed E-state index contributed by atoms with van der Waals surface area (Å²) in [5.74, 6) is 2.51. The number of rotatable bonds is 12. The Bertz CT molecular complexity index is 619. The Morgan fingerprint density at radius 2 is 2.00 bits per heavy atom. The first-order valence-electron chi connectivity index (χ1n) is 11.6. The number of nitrogens with one attached hydrogen (secondary N) is 1. The molecule has 1 heterocycles. The highest BCUT2D eigenvalue weighted by Gasteiger charge is 2.49. The van der Waals surface area contributed by atoms with Crippen LogP contribution in [-0.4, -0.2) is 24.0 Å². The van der Waals surface area contributed by atoms with Crippen LogP contribution in [0.15, 0.2) is 18.3 Å². The van der Waals surface area contributed by atoms with E-state index in [0.717, 1.165) is 36.9 Å². The molecular formula is C24H39N3O. The third-order valence-electron chi connectivity index (χ3n) is 6.94. The van der Waals surface area contributed by atoms with Gasteiger partial charge in [0, 0.05) is 19.5 Å². The monoisotopic (exact) mass is 385 g/mol. The van der Waals surface area contributed by atoms with E-state index < -0.39 is 0 Å². The molecule has 4 heteroatoms. The summed E-state index contributed by atoms with van der Waals surface area (Å²) in [4.78, 5) is 19.7. The second-order valence-electron chi connectivity index (χ2n) is 9.30. The van der Waals surface area contributed by atoms with Gasteiger partial charge in [-0.05, 0) is 55.1 Å². The SMILES string of the molecule is CCCCCN(CCC)c1ccc(NC(=O)CC(C2CCC2)C2(C)CC2)cn1. The van der Waals surface area contributed by atoms with Gasteiger partial charge >= 0.3 is 0 Å². The van der Waals surface area contributed by atoms with Crippen LogP contribution in [0.3, 0.4) is 0 Å². The van der Waals surface area contributed by atoms with Crippen molar-refractivity contribution in [3.8, 4) is 0 Å². The molecule has 1 atom stereocenters. The molecular weight excluding hydrogens is 346 g/mol. The van der Waals surface area contributed by atoms with Crippen molar-refractivity contribution in [2.45, 2.75) is 85.0 Å². The van der Waals surface area contributed by atoms with Crippen LogP contribution in [0.1, 0.15) is 85.0 Å². The van der Waals surface area contributed by atoms with Gasteiger partial charge in [0.15, 0.2) is 0 Å². The summed E-state index contributed by atoms with van der Waals surface area (Å²) in [6.07, 6.45) is 13.9. The van der Waals surface area contributed by atoms with E-state index in [2.05, 4.69) is 42.0 Å². The average Bonchev–Trinajstić information content (AvgIpc) is 3.38. The molecule has 1 amide bonds. The van der Waals surface area contributed by atoms with Gasteiger partial charge in [0.25, 0.3) is 0 Å². The third kappa shape index (κ3) is 5.48. The van der Waals surface area contributed by atoms with E-state index in [1.165, 1.54) is 51.4 Å². The molecule has 4 nitrogen and oxygen atoms in total. The number of aromatic nitrogens is 1. The standard InChI is InChI=1S/C24H39N3O/c1-4-6-7-16-27(15-5-2)22-12-11-20(18-25-22)26-23(28)17-21(19-9-8-10-19)24(3)13-14-24/h11-12,18-19,21H,4-10,13-17H2,1-3H3,(H,26,28). The lowest BCUT2D eigenvalue weighted by Crippen LogP contribution is -2.32. The molecule has 0 aliphatic heterocycles. The molecule has 2 saturated carbocycles. The number of hydrogen-bond acceptors (Lipinski definition) is 3. The Hall–Kier alpha value is -1.58. The minimum absolute atomic E-state index is 0.160. The van der Waals surface area contributed by atoms with Crippen molar-refractivity contribution in [2.75, 3.05) is 23.3 Å². The van der Waals surface area contributed by atoms with Crippen molar-refractivity contribution in [1.29, 1.82) is 0 Å². The van der Waals surface area contributed by atoms with Crippen LogP contribution in [-0.2, 0) is 4.79 Å². The van der Waals surface area contributed by atoms with Gasteiger partial charge in [-0.2, -0.15) is 0 Å². The predicted octanol–water partition coefficient (Wildman–Crippen LogP) is 6.03. The number of amides is 1. The Labute approximate surface area is 171 Å². The van der Waals surface area contributed by atoms with E-state index in [9.17, 15) is 4.79 Å². The largest absolute Gasteiger partial charge is 0.357 e. The zero-order chi connectivity index (χ0) is 20.0. The average molecular weight is 386 g/mol. The van der Waals surface area contributed by atoms with Gasteiger partial charge in [0.05, 0.1) is 11.9 Å². The van der Waals surface area contributed by atoms with Crippen molar-refractivity contribution in [2.24, 2.45) is 17.3 Å². The predicted molar refractivity (Wildman–Crippen MR) is 118 cm³/mol. The topological polar surface area (TPSA) is 45.2 Å². The van der Waals surface area contributed by atoms with Gasteiger partial charge in [-0.25, -0.2) is 4.98 Å². The first-order valence-corrected chi connectivity index (χ1v) is 11.6. The Kier molecular flexibility index (Phi) is 7.36. The molecule has 2 aliphatic rings. The molecule has 0 spiro atoms. The van der Waals surface area contributed by atoms with E-state index >= 15 is 0 Å². The lowest BCUT2D eigenvalue weighted by atomic mass is 9.68. The van der Waals surface area contributed by atoms with Crippen LogP contribution in [0.4, 0.5) is 11.5 Å². The minimum Gasteiger partial charge on any atom is -0.357 e. The maximum atomic E-state index is 12.7. The molecule has 1 aromatic heterocycles. The number of nitrogens with zero attached hydrogens (tertiary/aromatic N) is 2. The van der Waals surface area contributed by atoms with E-state index in [-0.39, 0.29) is 5.91 Å². The Morgan fingerprint density at radius 1 is 1.21 bits per heavy atom. The normalized spacial score (nSPS) is 19.0. The van der Waals surface area contributed by atoms with Gasteiger partial charge in [0.2, 0.25) is 5.91 Å². The van der Waals surface area contributed by atoms with Crippen molar-refractivity contribution >= 4 is 17.4 Å². The molecule has 2 fully saturated rings. The van der Waals surface area contributed by atoms with Crippen molar-refractivity contribution < 1.29 is 4.79 Å². The molecule has 0 aromatic carbocycles. The van der Waals surface area contributed by atoms with E-state index in [0.29, 0.717) is 17.8 Å². The van der Waals surface area contributed by atoms with Crippen LogP contribution in [0.25, 0.3) is 0 Å². The minimum atomic E-state index is 0.160. The van der Waals surface area contributed by atoms with Gasteiger partial charge in [-0.1, -0.05) is 52.9 Å². The number of hydrogen-bond donors (Lipinski definition) is 1. The third-order valence-corrected chi connectivity index (χ3v) is 6.94. The molecule has 1 N–H and O–H groups in total. The van der Waals surface area contributed by atoms with Gasteiger partial charge in [-0.15, -0.1) is 0 Å². The fourth-order valence-electron chi connectivity index (χ4n) is 4.61. The first kappa shape index (κ1) is 21.1. The summed E-state index contributed by atoms with van der Waals surface area (Å²) in [6, 6.07) is 4.07. The fourth-order valence-corrected chi connectivity index (χ4v) is 4.61. The van der Waals surface area contributed by atoms with Crippen LogP contribution in [0.5, 0.6) is 0 Å². The molecule has 156 valence electrons. The highest BCUT2D eigenvalue weighted by Crippen LogP contribution is 2.58. The number of carbonyl (C=O) groups excluding carboxylic acids is 1. The summed E-state index contributed by atoms with van der Waals surface area (Å²) in [7, 11) is 0. The van der Waals surface area contributed by atoms with E-state index in [1.54, 1.807) is 0 Å². The number of anilines is 2. The smallest absolute Gasteiger partial charge is 0.224 e. The van der Waals surface area contributed by atoms with Crippen LogP contribution < -0.4 is 10.2 Å². The van der Waals surface area contributed by atoms with E-state index in [4.69, 9.17) is 0 Å². The molecule has 3 rings (SSSR count). The number of unbranched alkanes of at least 4 members (excludes halogenated alkanes) is 2. The van der Waals surface area contributed by atoms with Crippen LogP contribution in [0, 0.1) is 17.3 Å². The zero-order valence-corrected chi connectivity index (χ0v) is 18.2. The molecule has 0 saturated heterocycles. The van der Waals surface area contributed by atoms with Gasteiger partial charge < -0.3 is 10.2 Å². The summed E-state index contributed by atoms with van der Waals surface area (Å²) < 4.78 is 0. The van der Waals surface area contributed by atoms with Crippen molar-refractivity contribution in [3.05, 3.63) is 18.3 Å². The molecule has 0 bridgehead atoms.